The molecular formula is C15H26N6OS. The van der Waals surface area contributed by atoms with E-state index in [-0.39, 0.29) is 11.5 Å². The molecule has 3 fully saturated rings. The fraction of sp³-hybridized carbons (Fsp3) is 0.867. The molecule has 4 aliphatic rings. The molecule has 0 unspecified atom stereocenters. The molecule has 3 heterocycles. The summed E-state index contributed by atoms with van der Waals surface area (Å²) in [5, 5.41) is 14.8. The minimum atomic E-state index is -0.160. The van der Waals surface area contributed by atoms with Crippen LogP contribution in [-0.2, 0) is 0 Å². The highest BCUT2D eigenvalue weighted by atomic mass is 32.2. The van der Waals surface area contributed by atoms with Gasteiger partial charge >= 0.3 is 6.03 Å². The van der Waals surface area contributed by atoms with Gasteiger partial charge in [0, 0.05) is 32.2 Å². The van der Waals surface area contributed by atoms with E-state index < -0.39 is 0 Å². The van der Waals surface area contributed by atoms with Crippen molar-refractivity contribution in [1.82, 2.24) is 26.3 Å². The number of urea groups is 1. The predicted octanol–water partition coefficient (Wildman–Crippen LogP) is 0.805. The van der Waals surface area contributed by atoms with Crippen LogP contribution in [-0.4, -0.2) is 53.8 Å². The van der Waals surface area contributed by atoms with Gasteiger partial charge in [0.2, 0.25) is 0 Å². The van der Waals surface area contributed by atoms with E-state index in [9.17, 15) is 4.79 Å². The third-order valence-electron chi connectivity index (χ3n) is 5.55. The van der Waals surface area contributed by atoms with E-state index >= 15 is 0 Å². The van der Waals surface area contributed by atoms with Gasteiger partial charge in [0.1, 0.15) is 0 Å². The second kappa shape index (κ2) is 6.39. The fourth-order valence-corrected chi connectivity index (χ4v) is 4.82. The van der Waals surface area contributed by atoms with Crippen LogP contribution in [0.3, 0.4) is 0 Å². The summed E-state index contributed by atoms with van der Waals surface area (Å²) in [6, 6.07) is 0.257. The van der Waals surface area contributed by atoms with Gasteiger partial charge in [-0.15, -0.1) is 0 Å². The molecule has 1 aliphatic carbocycles. The van der Waals surface area contributed by atoms with Crippen LogP contribution in [0.5, 0.6) is 0 Å². The van der Waals surface area contributed by atoms with Crippen LogP contribution in [0.2, 0.25) is 0 Å². The Morgan fingerprint density at radius 3 is 2.61 bits per heavy atom. The van der Waals surface area contributed by atoms with Crippen molar-refractivity contribution in [3.8, 4) is 0 Å². The molecule has 8 heteroatoms. The molecule has 128 valence electrons. The number of carbonyl (C=O) groups is 1. The lowest BCUT2D eigenvalue weighted by atomic mass is 9.74. The third-order valence-corrected chi connectivity index (χ3v) is 6.57. The van der Waals surface area contributed by atoms with Crippen molar-refractivity contribution in [2.45, 2.75) is 50.1 Å². The van der Waals surface area contributed by atoms with Crippen molar-refractivity contribution in [2.24, 2.45) is 10.5 Å². The number of thioether (sulfide) groups is 1. The summed E-state index contributed by atoms with van der Waals surface area (Å²) < 4.78 is 0. The van der Waals surface area contributed by atoms with Crippen LogP contribution < -0.4 is 21.4 Å². The van der Waals surface area contributed by atoms with Gasteiger partial charge < -0.3 is 20.9 Å². The monoisotopic (exact) mass is 338 g/mol. The summed E-state index contributed by atoms with van der Waals surface area (Å²) in [5.74, 6) is 0. The van der Waals surface area contributed by atoms with Crippen molar-refractivity contribution in [3.05, 3.63) is 0 Å². The lowest BCUT2D eigenvalue weighted by molar-refractivity contribution is 0.0838. The average Bonchev–Trinajstić information content (AvgIpc) is 3.18. The van der Waals surface area contributed by atoms with E-state index in [2.05, 4.69) is 31.4 Å². The molecule has 7 nitrogen and oxygen atoms in total. The van der Waals surface area contributed by atoms with Crippen molar-refractivity contribution < 1.29 is 4.79 Å². The Balaban J connectivity index is 1.20. The Morgan fingerprint density at radius 1 is 1.22 bits per heavy atom. The maximum Gasteiger partial charge on any atom is 0.317 e. The average molecular weight is 338 g/mol. The van der Waals surface area contributed by atoms with E-state index in [1.165, 1.54) is 38.8 Å². The minimum Gasteiger partial charge on any atom is -0.350 e. The number of hydrogen-bond acceptors (Lipinski definition) is 6. The SMILES string of the molecule is O=C(NC1CCCC1)N[C@H]1NN=C(N2CCC3(CC2)CNC3)S1. The van der Waals surface area contributed by atoms with E-state index in [1.54, 1.807) is 11.8 Å². The number of amides is 2. The van der Waals surface area contributed by atoms with Crippen LogP contribution in [0.25, 0.3) is 0 Å². The first kappa shape index (κ1) is 15.4. The summed E-state index contributed by atoms with van der Waals surface area (Å²) in [6.45, 7) is 4.47. The molecule has 0 aromatic heterocycles. The molecule has 3 aliphatic heterocycles. The highest BCUT2D eigenvalue weighted by Gasteiger charge is 2.41. The van der Waals surface area contributed by atoms with Crippen LogP contribution in [0.1, 0.15) is 38.5 Å². The van der Waals surface area contributed by atoms with E-state index in [1.807, 2.05) is 0 Å². The summed E-state index contributed by atoms with van der Waals surface area (Å²) >= 11 is 1.61. The molecule has 4 N–H and O–H groups in total. The van der Waals surface area contributed by atoms with Gasteiger partial charge in [-0.25, -0.2) is 4.79 Å². The Labute approximate surface area is 141 Å². The zero-order valence-electron chi connectivity index (χ0n) is 13.4. The Bertz CT molecular complexity index is 478. The summed E-state index contributed by atoms with van der Waals surface area (Å²) in [7, 11) is 0. The van der Waals surface area contributed by atoms with Crippen LogP contribution in [0.4, 0.5) is 4.79 Å². The molecular weight excluding hydrogens is 312 g/mol. The first-order valence-corrected chi connectivity index (χ1v) is 9.63. The van der Waals surface area contributed by atoms with E-state index in [4.69, 9.17) is 0 Å². The summed E-state index contributed by atoms with van der Waals surface area (Å²) in [4.78, 5) is 14.4. The Hall–Kier alpha value is -1.15. The first-order chi connectivity index (χ1) is 11.2. The quantitative estimate of drug-likeness (QED) is 0.599. The number of nitrogens with zero attached hydrogens (tertiary/aromatic N) is 2. The molecule has 0 radical (unpaired) electrons. The lowest BCUT2D eigenvalue weighted by Crippen LogP contribution is -2.58. The highest BCUT2D eigenvalue weighted by Crippen LogP contribution is 2.36. The fourth-order valence-electron chi connectivity index (χ4n) is 3.90. The van der Waals surface area contributed by atoms with Crippen molar-refractivity contribution in [3.63, 3.8) is 0 Å². The Kier molecular flexibility index (Phi) is 4.27. The first-order valence-electron chi connectivity index (χ1n) is 8.75. The van der Waals surface area contributed by atoms with Crippen LogP contribution in [0.15, 0.2) is 5.10 Å². The van der Waals surface area contributed by atoms with Crippen molar-refractivity contribution in [1.29, 1.82) is 0 Å². The zero-order chi connectivity index (χ0) is 15.7. The molecule has 2 amide bonds. The molecule has 1 saturated carbocycles. The van der Waals surface area contributed by atoms with Gasteiger partial charge in [0.05, 0.1) is 0 Å². The normalized spacial score (nSPS) is 29.8. The minimum absolute atomic E-state index is 0.0866. The van der Waals surface area contributed by atoms with Crippen LogP contribution >= 0.6 is 11.8 Å². The van der Waals surface area contributed by atoms with Gasteiger partial charge in [-0.1, -0.05) is 12.8 Å². The second-order valence-corrected chi connectivity index (χ2v) is 8.28. The van der Waals surface area contributed by atoms with Gasteiger partial charge in [-0.2, -0.15) is 5.10 Å². The van der Waals surface area contributed by atoms with E-state index in [0.717, 1.165) is 31.1 Å². The van der Waals surface area contributed by atoms with Crippen LogP contribution in [0, 0.1) is 5.41 Å². The van der Waals surface area contributed by atoms with Gasteiger partial charge in [-0.05, 0) is 42.9 Å². The van der Waals surface area contributed by atoms with Crippen molar-refractivity contribution in [2.75, 3.05) is 26.2 Å². The number of hydrazone groups is 1. The number of likely N-dealkylation sites (tertiary alicyclic amines) is 1. The number of amidine groups is 1. The number of hydrogen-bond donors (Lipinski definition) is 4. The van der Waals surface area contributed by atoms with Gasteiger partial charge in [-0.3, -0.25) is 5.43 Å². The molecule has 0 aromatic carbocycles. The number of rotatable bonds is 2. The zero-order valence-corrected chi connectivity index (χ0v) is 14.3. The lowest BCUT2D eigenvalue weighted by Gasteiger charge is -2.48. The largest absolute Gasteiger partial charge is 0.350 e. The third kappa shape index (κ3) is 3.38. The molecule has 1 atom stereocenters. The molecule has 1 spiro atoms. The smallest absolute Gasteiger partial charge is 0.317 e. The Morgan fingerprint density at radius 2 is 1.96 bits per heavy atom. The van der Waals surface area contributed by atoms with Gasteiger partial charge in [0.25, 0.3) is 0 Å². The maximum atomic E-state index is 12.0. The second-order valence-electron chi connectivity index (χ2n) is 7.21. The predicted molar refractivity (Wildman–Crippen MR) is 92.0 cm³/mol. The van der Waals surface area contributed by atoms with E-state index in [0.29, 0.717) is 11.5 Å². The molecule has 0 bridgehead atoms. The molecule has 2 saturated heterocycles. The number of carbonyl (C=O) groups excluding carboxylic acids is 1. The number of piperidine rings is 1. The molecule has 4 rings (SSSR count). The van der Waals surface area contributed by atoms with Crippen molar-refractivity contribution >= 4 is 23.0 Å². The maximum absolute atomic E-state index is 12.0. The topological polar surface area (TPSA) is 80.8 Å². The molecule has 0 aromatic rings. The van der Waals surface area contributed by atoms with Gasteiger partial charge in [0.15, 0.2) is 10.7 Å². The highest BCUT2D eigenvalue weighted by molar-refractivity contribution is 8.14. The molecule has 23 heavy (non-hydrogen) atoms. The standard InChI is InChI=1S/C15H26N6OS/c22-12(17-11-3-1-2-4-11)18-13-19-20-14(23-13)21-7-5-15(6-8-21)9-16-10-15/h11,13,16,19H,1-10H2,(H2,17,18,22)/t13-/m0/s1. The summed E-state index contributed by atoms with van der Waals surface area (Å²) in [5.41, 5.74) is 3.42. The number of nitrogens with one attached hydrogen (secondary N) is 4. The summed E-state index contributed by atoms with van der Waals surface area (Å²) in [6.07, 6.45) is 7.12.